The normalized spacial score (nSPS) is 10.5. The van der Waals surface area contributed by atoms with Crippen molar-refractivity contribution in [1.82, 2.24) is 0 Å². The first-order valence-corrected chi connectivity index (χ1v) is 6.87. The van der Waals surface area contributed by atoms with Gasteiger partial charge in [-0.05, 0) is 46.7 Å². The molecule has 2 aromatic rings. The van der Waals surface area contributed by atoms with E-state index < -0.39 is 0 Å². The molecule has 0 saturated heterocycles. The largest absolute Gasteiger partial charge is 0.397 e. The second-order valence-corrected chi connectivity index (χ2v) is 5.28. The Morgan fingerprint density at radius 3 is 2.58 bits per heavy atom. The smallest absolute Gasteiger partial charge is 0.138 e. The molecule has 0 aliphatic rings. The van der Waals surface area contributed by atoms with Crippen LogP contribution in [-0.2, 0) is 6.42 Å². The zero-order valence-corrected chi connectivity index (χ0v) is 12.2. The van der Waals surface area contributed by atoms with Crippen LogP contribution in [0.25, 0.3) is 0 Å². The Hall–Kier alpha value is -1.37. The number of nitrogens with one attached hydrogen (secondary N) is 1. The predicted molar refractivity (Wildman–Crippen MR) is 82.1 cm³/mol. The summed E-state index contributed by atoms with van der Waals surface area (Å²) in [7, 11) is 0. The lowest BCUT2D eigenvalue weighted by atomic mass is 10.1. The maximum atomic E-state index is 13.4. The second kappa shape index (κ2) is 6.18. The molecule has 0 bridgehead atoms. The van der Waals surface area contributed by atoms with Crippen LogP contribution in [0.15, 0.2) is 36.4 Å². The van der Waals surface area contributed by atoms with Crippen molar-refractivity contribution in [3.05, 3.63) is 57.2 Å². The molecule has 2 aromatic carbocycles. The van der Waals surface area contributed by atoms with E-state index in [1.165, 1.54) is 12.1 Å². The van der Waals surface area contributed by atoms with E-state index >= 15 is 0 Å². The Labute approximate surface area is 124 Å². The van der Waals surface area contributed by atoms with Crippen LogP contribution in [0, 0.1) is 15.2 Å². The average Bonchev–Trinajstić information content (AvgIpc) is 2.38. The molecule has 5 heteroatoms. The van der Waals surface area contributed by atoms with Crippen LogP contribution in [0.1, 0.15) is 5.56 Å². The number of rotatable bonds is 4. The summed E-state index contributed by atoms with van der Waals surface area (Å²) < 4.78 is 27.3. The van der Waals surface area contributed by atoms with Crippen molar-refractivity contribution in [2.45, 2.75) is 6.42 Å². The Morgan fingerprint density at radius 1 is 1.11 bits per heavy atom. The van der Waals surface area contributed by atoms with Crippen LogP contribution in [0.2, 0.25) is 0 Å². The maximum Gasteiger partial charge on any atom is 0.138 e. The van der Waals surface area contributed by atoms with Gasteiger partial charge in [0.2, 0.25) is 0 Å². The van der Waals surface area contributed by atoms with Crippen molar-refractivity contribution in [2.24, 2.45) is 0 Å². The molecule has 0 amide bonds. The fourth-order valence-electron chi connectivity index (χ4n) is 1.75. The number of hydrogen-bond acceptors (Lipinski definition) is 2. The van der Waals surface area contributed by atoms with Gasteiger partial charge in [0.15, 0.2) is 0 Å². The number of hydrogen-bond donors (Lipinski definition) is 2. The van der Waals surface area contributed by atoms with Crippen molar-refractivity contribution in [1.29, 1.82) is 0 Å². The summed E-state index contributed by atoms with van der Waals surface area (Å²) >= 11 is 1.89. The van der Waals surface area contributed by atoms with Gasteiger partial charge in [0.1, 0.15) is 11.6 Å². The van der Waals surface area contributed by atoms with Crippen LogP contribution in [0.3, 0.4) is 0 Å². The molecule has 0 radical (unpaired) electrons. The minimum Gasteiger partial charge on any atom is -0.397 e. The zero-order chi connectivity index (χ0) is 13.8. The molecule has 0 spiro atoms. The third kappa shape index (κ3) is 3.56. The van der Waals surface area contributed by atoms with Crippen LogP contribution in [0.5, 0.6) is 0 Å². The Morgan fingerprint density at radius 2 is 1.84 bits per heavy atom. The van der Waals surface area contributed by atoms with Crippen LogP contribution in [-0.4, -0.2) is 6.54 Å². The third-order valence-electron chi connectivity index (χ3n) is 2.76. The van der Waals surface area contributed by atoms with E-state index in [-0.39, 0.29) is 11.6 Å². The molecule has 3 N–H and O–H groups in total. The van der Waals surface area contributed by atoms with Crippen molar-refractivity contribution < 1.29 is 8.78 Å². The van der Waals surface area contributed by atoms with Gasteiger partial charge in [0, 0.05) is 12.6 Å². The number of halogens is 3. The van der Waals surface area contributed by atoms with Crippen LogP contribution < -0.4 is 11.1 Å². The van der Waals surface area contributed by atoms with E-state index in [1.807, 2.05) is 22.6 Å². The summed E-state index contributed by atoms with van der Waals surface area (Å²) in [5, 5.41) is 3.02. The van der Waals surface area contributed by atoms with E-state index in [2.05, 4.69) is 5.32 Å². The van der Waals surface area contributed by atoms with Crippen molar-refractivity contribution in [2.75, 3.05) is 17.6 Å². The van der Waals surface area contributed by atoms with Gasteiger partial charge in [0.05, 0.1) is 14.9 Å². The van der Waals surface area contributed by atoms with E-state index in [0.717, 1.165) is 0 Å². The first-order valence-electron chi connectivity index (χ1n) is 5.79. The summed E-state index contributed by atoms with van der Waals surface area (Å²) in [5.74, 6) is -0.547. The fourth-order valence-corrected chi connectivity index (χ4v) is 2.24. The number of nitrogens with two attached hydrogens (primary N) is 1. The van der Waals surface area contributed by atoms with Crippen LogP contribution in [0.4, 0.5) is 20.2 Å². The van der Waals surface area contributed by atoms with E-state index in [0.29, 0.717) is 33.5 Å². The van der Waals surface area contributed by atoms with E-state index in [4.69, 9.17) is 5.73 Å². The molecule has 0 atom stereocenters. The van der Waals surface area contributed by atoms with E-state index in [1.54, 1.807) is 24.3 Å². The molecular weight excluding hydrogens is 361 g/mol. The summed E-state index contributed by atoms with van der Waals surface area (Å²) in [6.45, 7) is 0.491. The zero-order valence-electron chi connectivity index (χ0n) is 10.1. The van der Waals surface area contributed by atoms with Gasteiger partial charge < -0.3 is 11.1 Å². The van der Waals surface area contributed by atoms with Gasteiger partial charge in [-0.3, -0.25) is 0 Å². The summed E-state index contributed by atoms with van der Waals surface area (Å²) in [5.41, 5.74) is 7.44. The average molecular weight is 374 g/mol. The van der Waals surface area contributed by atoms with Crippen LogP contribution >= 0.6 is 22.6 Å². The molecule has 0 fully saturated rings. The topological polar surface area (TPSA) is 38.0 Å². The van der Waals surface area contributed by atoms with Crippen molar-refractivity contribution in [3.63, 3.8) is 0 Å². The standard InChI is InChI=1S/C14H13F2IN2/c15-10-4-2-1-3-9(10)5-6-19-14-7-11(16)12(17)8-13(14)18/h1-4,7-8,19H,5-6,18H2. The molecule has 0 saturated carbocycles. The van der Waals surface area contributed by atoms with Crippen molar-refractivity contribution >= 4 is 34.0 Å². The molecule has 2 nitrogen and oxygen atoms in total. The maximum absolute atomic E-state index is 13.4. The molecule has 0 aromatic heterocycles. The molecule has 19 heavy (non-hydrogen) atoms. The van der Waals surface area contributed by atoms with Crippen molar-refractivity contribution in [3.8, 4) is 0 Å². The minimum absolute atomic E-state index is 0.230. The Bertz CT molecular complexity index is 588. The van der Waals surface area contributed by atoms with Gasteiger partial charge in [-0.2, -0.15) is 0 Å². The molecule has 0 aliphatic heterocycles. The quantitative estimate of drug-likeness (QED) is 0.631. The highest BCUT2D eigenvalue weighted by atomic mass is 127. The van der Waals surface area contributed by atoms with Gasteiger partial charge in [0.25, 0.3) is 0 Å². The van der Waals surface area contributed by atoms with Gasteiger partial charge in [-0.15, -0.1) is 0 Å². The second-order valence-electron chi connectivity index (χ2n) is 4.12. The number of nitrogen functional groups attached to an aromatic ring is 1. The first kappa shape index (κ1) is 14.0. The van der Waals surface area contributed by atoms with Gasteiger partial charge in [-0.25, -0.2) is 8.78 Å². The molecule has 0 unspecified atom stereocenters. The van der Waals surface area contributed by atoms with Gasteiger partial charge in [-0.1, -0.05) is 18.2 Å². The van der Waals surface area contributed by atoms with E-state index in [9.17, 15) is 8.78 Å². The lowest BCUT2D eigenvalue weighted by Gasteiger charge is -2.10. The molecule has 0 aliphatic carbocycles. The number of benzene rings is 2. The summed E-state index contributed by atoms with van der Waals surface area (Å²) in [4.78, 5) is 0. The minimum atomic E-state index is -0.316. The Kier molecular flexibility index (Phi) is 4.57. The highest BCUT2D eigenvalue weighted by Gasteiger charge is 2.06. The molecular formula is C14H13F2IN2. The monoisotopic (exact) mass is 374 g/mol. The Balaban J connectivity index is 2.00. The molecule has 100 valence electrons. The highest BCUT2D eigenvalue weighted by Crippen LogP contribution is 2.24. The lowest BCUT2D eigenvalue weighted by molar-refractivity contribution is 0.610. The molecule has 2 rings (SSSR count). The predicted octanol–water partition coefficient (Wildman–Crippen LogP) is 3.81. The summed E-state index contributed by atoms with van der Waals surface area (Å²) in [6, 6.07) is 9.53. The first-order chi connectivity index (χ1) is 9.08. The van der Waals surface area contributed by atoms with Gasteiger partial charge >= 0.3 is 0 Å². The lowest BCUT2D eigenvalue weighted by Crippen LogP contribution is -2.08. The summed E-state index contributed by atoms with van der Waals surface area (Å²) in [6.07, 6.45) is 0.514. The third-order valence-corrected chi connectivity index (χ3v) is 3.59. The number of anilines is 2. The fraction of sp³-hybridized carbons (Fsp3) is 0.143. The highest BCUT2D eigenvalue weighted by molar-refractivity contribution is 14.1. The SMILES string of the molecule is Nc1cc(I)c(F)cc1NCCc1ccccc1F. The molecule has 0 heterocycles.